The summed E-state index contributed by atoms with van der Waals surface area (Å²) < 4.78 is 5.83. The van der Waals surface area contributed by atoms with Crippen molar-refractivity contribution in [2.24, 2.45) is 11.8 Å². The van der Waals surface area contributed by atoms with Crippen molar-refractivity contribution in [1.29, 1.82) is 0 Å². The number of nitrogens with one attached hydrogen (secondary N) is 2. The van der Waals surface area contributed by atoms with Gasteiger partial charge in [0.15, 0.2) is 0 Å². The topological polar surface area (TPSA) is 50.4 Å². The number of amides is 1. The van der Waals surface area contributed by atoms with Gasteiger partial charge in [-0.2, -0.15) is 0 Å². The highest BCUT2D eigenvalue weighted by Gasteiger charge is 2.29. The Morgan fingerprint density at radius 1 is 1.24 bits per heavy atom. The van der Waals surface area contributed by atoms with Gasteiger partial charge < -0.3 is 15.4 Å². The molecule has 2 rings (SSSR count). The molecule has 1 saturated heterocycles. The highest BCUT2D eigenvalue weighted by Crippen LogP contribution is 2.26. The molecule has 1 fully saturated rings. The normalized spacial score (nSPS) is 18.0. The number of benzene rings is 1. The van der Waals surface area contributed by atoms with Gasteiger partial charge in [0.25, 0.3) is 0 Å². The van der Waals surface area contributed by atoms with Crippen molar-refractivity contribution < 1.29 is 9.53 Å². The van der Waals surface area contributed by atoms with Crippen LogP contribution in [0.5, 0.6) is 5.75 Å². The summed E-state index contributed by atoms with van der Waals surface area (Å²) in [5, 5.41) is 6.32. The first kappa shape index (κ1) is 15.8. The minimum Gasteiger partial charge on any atom is -0.491 e. The van der Waals surface area contributed by atoms with Crippen LogP contribution in [0, 0.1) is 11.8 Å². The minimum atomic E-state index is -0.0528. The minimum absolute atomic E-state index is 0.0480. The molecule has 1 amide bonds. The van der Waals surface area contributed by atoms with Gasteiger partial charge in [0.1, 0.15) is 5.75 Å². The summed E-state index contributed by atoms with van der Waals surface area (Å²) in [5.41, 5.74) is 1.03. The first-order valence-electron chi connectivity index (χ1n) is 7.75. The fraction of sp³-hybridized carbons (Fsp3) is 0.588. The lowest BCUT2D eigenvalue weighted by Gasteiger charge is -2.32. The van der Waals surface area contributed by atoms with Gasteiger partial charge in [0.05, 0.1) is 12.1 Å². The van der Waals surface area contributed by atoms with E-state index < -0.39 is 0 Å². The second kappa shape index (κ2) is 6.94. The summed E-state index contributed by atoms with van der Waals surface area (Å²) in [4.78, 5) is 12.3. The molecule has 0 spiro atoms. The summed E-state index contributed by atoms with van der Waals surface area (Å²) >= 11 is 0. The highest BCUT2D eigenvalue weighted by atomic mass is 16.5. The van der Waals surface area contributed by atoms with Crippen LogP contribution in [-0.4, -0.2) is 25.1 Å². The van der Waals surface area contributed by atoms with E-state index in [4.69, 9.17) is 4.74 Å². The van der Waals surface area contributed by atoms with Crippen LogP contribution in [0.2, 0.25) is 0 Å². The quantitative estimate of drug-likeness (QED) is 0.846. The van der Waals surface area contributed by atoms with E-state index in [1.165, 1.54) is 0 Å². The molecule has 2 N–H and O–H groups in total. The first-order chi connectivity index (χ1) is 9.99. The highest BCUT2D eigenvalue weighted by molar-refractivity contribution is 5.79. The second-order valence-electron chi connectivity index (χ2n) is 6.14. The van der Waals surface area contributed by atoms with E-state index in [9.17, 15) is 4.79 Å². The molecule has 1 aliphatic heterocycles. The first-order valence-corrected chi connectivity index (χ1v) is 7.75. The lowest BCUT2D eigenvalue weighted by atomic mass is 9.88. The molecule has 0 saturated carbocycles. The van der Waals surface area contributed by atoms with Crippen molar-refractivity contribution in [3.8, 4) is 5.75 Å². The fourth-order valence-electron chi connectivity index (χ4n) is 2.50. The number of hydrogen-bond acceptors (Lipinski definition) is 3. The molecule has 1 aromatic rings. The van der Waals surface area contributed by atoms with E-state index in [2.05, 4.69) is 10.6 Å². The Labute approximate surface area is 127 Å². The number of carbonyl (C=O) groups is 1. The van der Waals surface area contributed by atoms with Crippen LogP contribution in [0.1, 0.15) is 39.3 Å². The van der Waals surface area contributed by atoms with E-state index in [-0.39, 0.29) is 24.0 Å². The van der Waals surface area contributed by atoms with Crippen molar-refractivity contribution in [2.45, 2.75) is 39.8 Å². The van der Waals surface area contributed by atoms with Crippen molar-refractivity contribution in [3.05, 3.63) is 29.8 Å². The van der Waals surface area contributed by atoms with Gasteiger partial charge in [-0.25, -0.2) is 0 Å². The molecule has 2 unspecified atom stereocenters. The molecular weight excluding hydrogens is 264 g/mol. The molecule has 4 nitrogen and oxygen atoms in total. The number of hydrogen-bond donors (Lipinski definition) is 2. The zero-order chi connectivity index (χ0) is 15.4. The summed E-state index contributed by atoms with van der Waals surface area (Å²) in [6.07, 6.45) is 0.119. The zero-order valence-corrected chi connectivity index (χ0v) is 13.3. The monoisotopic (exact) mass is 290 g/mol. The van der Waals surface area contributed by atoms with Crippen LogP contribution in [0.25, 0.3) is 0 Å². The van der Waals surface area contributed by atoms with E-state index in [0.717, 1.165) is 24.4 Å². The Morgan fingerprint density at radius 2 is 1.90 bits per heavy atom. The second-order valence-corrected chi connectivity index (χ2v) is 6.14. The third-order valence-corrected chi connectivity index (χ3v) is 4.04. The van der Waals surface area contributed by atoms with Crippen molar-refractivity contribution in [3.63, 3.8) is 0 Å². The van der Waals surface area contributed by atoms with Crippen LogP contribution in [0.3, 0.4) is 0 Å². The summed E-state index contributed by atoms with van der Waals surface area (Å²) in [6, 6.07) is 7.85. The Morgan fingerprint density at radius 3 is 2.48 bits per heavy atom. The molecule has 116 valence electrons. The van der Waals surface area contributed by atoms with E-state index in [0.29, 0.717) is 5.92 Å². The van der Waals surface area contributed by atoms with Gasteiger partial charge in [-0.15, -0.1) is 0 Å². The van der Waals surface area contributed by atoms with Crippen LogP contribution >= 0.6 is 0 Å². The Balaban J connectivity index is 2.02. The number of para-hydroxylation sites is 1. The molecule has 1 heterocycles. The summed E-state index contributed by atoms with van der Waals surface area (Å²) in [7, 11) is 0. The summed E-state index contributed by atoms with van der Waals surface area (Å²) in [5.74, 6) is 1.47. The molecular formula is C17H26N2O2. The van der Waals surface area contributed by atoms with Crippen LogP contribution < -0.4 is 15.4 Å². The third kappa shape index (κ3) is 3.97. The average molecular weight is 290 g/mol. The van der Waals surface area contributed by atoms with Crippen molar-refractivity contribution in [1.82, 2.24) is 10.6 Å². The van der Waals surface area contributed by atoms with Crippen LogP contribution in [-0.2, 0) is 4.79 Å². The fourth-order valence-corrected chi connectivity index (χ4v) is 2.50. The number of rotatable bonds is 6. The maximum Gasteiger partial charge on any atom is 0.223 e. The predicted octanol–water partition coefficient (Wildman–Crippen LogP) is 2.51. The third-order valence-electron chi connectivity index (χ3n) is 4.04. The number of carbonyl (C=O) groups excluding carboxylic acids is 1. The standard InChI is InChI=1S/C17H26N2O2/c1-11(2)21-16-8-6-5-7-15(16)13(4)19-17(20)12(3)14-9-18-10-14/h5-8,11-14,18H,9-10H2,1-4H3,(H,19,20). The van der Waals surface area contributed by atoms with E-state index in [1.54, 1.807) is 0 Å². The Bertz CT molecular complexity index is 483. The molecule has 1 aromatic carbocycles. The van der Waals surface area contributed by atoms with Gasteiger partial charge >= 0.3 is 0 Å². The summed E-state index contributed by atoms with van der Waals surface area (Å²) in [6.45, 7) is 9.90. The zero-order valence-electron chi connectivity index (χ0n) is 13.3. The van der Waals surface area contributed by atoms with Gasteiger partial charge in [-0.1, -0.05) is 25.1 Å². The van der Waals surface area contributed by atoms with Gasteiger partial charge in [0.2, 0.25) is 5.91 Å². The molecule has 2 atom stereocenters. The largest absolute Gasteiger partial charge is 0.491 e. The Hall–Kier alpha value is -1.55. The van der Waals surface area contributed by atoms with Gasteiger partial charge in [-0.3, -0.25) is 4.79 Å². The lowest BCUT2D eigenvalue weighted by Crippen LogP contribution is -2.49. The smallest absolute Gasteiger partial charge is 0.223 e. The van der Waals surface area contributed by atoms with E-state index in [1.807, 2.05) is 52.0 Å². The lowest BCUT2D eigenvalue weighted by molar-refractivity contribution is -0.127. The van der Waals surface area contributed by atoms with Gasteiger partial charge in [-0.05, 0) is 45.8 Å². The molecule has 0 radical (unpaired) electrons. The SMILES string of the molecule is CC(C)Oc1ccccc1C(C)NC(=O)C(C)C1CNC1. The Kier molecular flexibility index (Phi) is 5.23. The molecule has 0 bridgehead atoms. The van der Waals surface area contributed by atoms with Crippen molar-refractivity contribution >= 4 is 5.91 Å². The molecule has 4 heteroatoms. The molecule has 1 aliphatic rings. The molecule has 0 aliphatic carbocycles. The average Bonchev–Trinajstić information content (AvgIpc) is 2.36. The number of ether oxygens (including phenoxy) is 1. The van der Waals surface area contributed by atoms with Crippen LogP contribution in [0.4, 0.5) is 0 Å². The van der Waals surface area contributed by atoms with Crippen molar-refractivity contribution in [2.75, 3.05) is 13.1 Å². The predicted molar refractivity (Wildman–Crippen MR) is 84.3 cm³/mol. The van der Waals surface area contributed by atoms with Crippen LogP contribution in [0.15, 0.2) is 24.3 Å². The van der Waals surface area contributed by atoms with E-state index >= 15 is 0 Å². The molecule has 0 aromatic heterocycles. The maximum absolute atomic E-state index is 12.3. The van der Waals surface area contributed by atoms with Gasteiger partial charge in [0, 0.05) is 11.5 Å². The maximum atomic E-state index is 12.3. The molecule has 21 heavy (non-hydrogen) atoms.